The van der Waals surface area contributed by atoms with Crippen LogP contribution in [0.25, 0.3) is 12.2 Å². The first kappa shape index (κ1) is 18.1. The molecule has 0 aliphatic rings. The Labute approximate surface area is 136 Å². The van der Waals surface area contributed by atoms with Gasteiger partial charge in [-0.15, -0.1) is 11.3 Å². The van der Waals surface area contributed by atoms with Crippen molar-refractivity contribution in [3.05, 3.63) is 45.1 Å². The molecule has 0 aliphatic carbocycles. The van der Waals surface area contributed by atoms with Crippen LogP contribution in [0.2, 0.25) is 5.02 Å². The van der Waals surface area contributed by atoms with E-state index in [4.69, 9.17) is 22.2 Å². The van der Waals surface area contributed by atoms with Crippen molar-refractivity contribution in [2.45, 2.75) is 0 Å². The van der Waals surface area contributed by atoms with Crippen molar-refractivity contribution >= 4 is 47.2 Å². The number of benzene rings is 1. The van der Waals surface area contributed by atoms with E-state index in [1.54, 1.807) is 36.9 Å². The number of hydrogen-bond acceptors (Lipinski definition) is 6. The number of hydrazine groups is 2. The summed E-state index contributed by atoms with van der Waals surface area (Å²) in [4.78, 5) is 13.0. The van der Waals surface area contributed by atoms with Gasteiger partial charge in [0.1, 0.15) is 10.8 Å². The van der Waals surface area contributed by atoms with Crippen LogP contribution in [0.5, 0.6) is 0 Å². The van der Waals surface area contributed by atoms with Crippen LogP contribution in [-0.2, 0) is 4.79 Å². The summed E-state index contributed by atoms with van der Waals surface area (Å²) in [7, 11) is 1.67. The lowest BCUT2D eigenvalue weighted by molar-refractivity contribution is -0.109. The van der Waals surface area contributed by atoms with E-state index in [1.165, 1.54) is 22.4 Å². The van der Waals surface area contributed by atoms with Crippen molar-refractivity contribution in [3.8, 4) is 0 Å². The summed E-state index contributed by atoms with van der Waals surface area (Å²) in [6.07, 6.45) is 5.59. The van der Waals surface area contributed by atoms with Crippen molar-refractivity contribution in [2.75, 3.05) is 12.1 Å². The molecule has 0 saturated carbocycles. The molecule has 0 atom stereocenters. The molecule has 1 amide bonds. The smallest absolute Gasteiger partial charge is 0.221 e. The first-order valence-corrected chi connectivity index (χ1v) is 7.20. The second-order valence-electron chi connectivity index (χ2n) is 3.89. The molecular formula is C13H15ClFN5OS. The Morgan fingerprint density at radius 3 is 2.64 bits per heavy atom. The molecule has 0 saturated heterocycles. The summed E-state index contributed by atoms with van der Waals surface area (Å²) >= 11 is 7.44. The molecule has 2 aromatic rings. The maximum atomic E-state index is 13.5. The number of halogens is 2. The summed E-state index contributed by atoms with van der Waals surface area (Å²) < 4.78 is 13.5. The number of hydrogen-bond donors (Lipinski definition) is 3. The molecular weight excluding hydrogens is 329 g/mol. The van der Waals surface area contributed by atoms with Gasteiger partial charge in [0.25, 0.3) is 0 Å². The van der Waals surface area contributed by atoms with Crippen LogP contribution < -0.4 is 22.1 Å². The van der Waals surface area contributed by atoms with Gasteiger partial charge in [-0.25, -0.2) is 21.1 Å². The average molecular weight is 344 g/mol. The lowest BCUT2D eigenvalue weighted by atomic mass is 10.1. The fourth-order valence-corrected chi connectivity index (χ4v) is 2.25. The van der Waals surface area contributed by atoms with E-state index in [2.05, 4.69) is 10.8 Å². The van der Waals surface area contributed by atoms with Crippen molar-refractivity contribution in [1.82, 2.24) is 10.4 Å². The van der Waals surface area contributed by atoms with E-state index in [1.807, 2.05) is 5.38 Å². The third-order valence-corrected chi connectivity index (χ3v) is 3.53. The summed E-state index contributed by atoms with van der Waals surface area (Å²) in [6.45, 7) is 0. The number of carbonyl (C=O) groups excluding carboxylic acids is 1. The summed E-state index contributed by atoms with van der Waals surface area (Å²) in [5.41, 5.74) is 2.94. The van der Waals surface area contributed by atoms with Gasteiger partial charge in [0.2, 0.25) is 6.41 Å². The minimum absolute atomic E-state index is 0.0533. The number of carbonyl (C=O) groups is 1. The third kappa shape index (κ3) is 5.08. The van der Waals surface area contributed by atoms with Crippen LogP contribution in [0.15, 0.2) is 23.7 Å². The molecule has 0 bridgehead atoms. The Morgan fingerprint density at radius 1 is 1.45 bits per heavy atom. The van der Waals surface area contributed by atoms with Gasteiger partial charge in [-0.1, -0.05) is 11.6 Å². The highest BCUT2D eigenvalue weighted by atomic mass is 35.5. The van der Waals surface area contributed by atoms with Crippen LogP contribution in [0.3, 0.4) is 0 Å². The molecule has 22 heavy (non-hydrogen) atoms. The highest BCUT2D eigenvalue weighted by molar-refractivity contribution is 7.10. The quantitative estimate of drug-likeness (QED) is 0.341. The summed E-state index contributed by atoms with van der Waals surface area (Å²) in [5, 5.41) is 4.13. The zero-order valence-corrected chi connectivity index (χ0v) is 13.2. The average Bonchev–Trinajstić information content (AvgIpc) is 3.02. The van der Waals surface area contributed by atoms with Crippen LogP contribution in [0, 0.1) is 5.82 Å². The van der Waals surface area contributed by atoms with Crippen molar-refractivity contribution < 1.29 is 9.18 Å². The first-order chi connectivity index (χ1) is 10.5. The van der Waals surface area contributed by atoms with E-state index in [-0.39, 0.29) is 5.02 Å². The van der Waals surface area contributed by atoms with Crippen molar-refractivity contribution in [3.63, 3.8) is 0 Å². The topological polar surface area (TPSA) is 97.3 Å². The maximum absolute atomic E-state index is 13.5. The Hall–Kier alpha value is -2.00. The second-order valence-corrected chi connectivity index (χ2v) is 5.20. The predicted molar refractivity (Wildman–Crippen MR) is 88.4 cm³/mol. The van der Waals surface area contributed by atoms with Gasteiger partial charge in [0, 0.05) is 24.2 Å². The fourth-order valence-electron chi connectivity index (χ4n) is 1.49. The number of nitrogens with one attached hydrogen (secondary N) is 1. The lowest BCUT2D eigenvalue weighted by Crippen LogP contribution is -2.25. The van der Waals surface area contributed by atoms with Crippen molar-refractivity contribution in [2.24, 2.45) is 11.7 Å². The molecule has 9 heteroatoms. The Morgan fingerprint density at radius 2 is 2.14 bits per heavy atom. The normalized spacial score (nSPS) is 10.0. The molecule has 1 heterocycles. The van der Waals surface area contributed by atoms with E-state index < -0.39 is 5.82 Å². The molecule has 118 valence electrons. The molecule has 0 spiro atoms. The van der Waals surface area contributed by atoms with E-state index in [0.29, 0.717) is 17.7 Å². The standard InChI is InChI=1S/C12H11ClFN3S.CH4N2O/c1-17(15)10-4-3-9(14)12(13)8(10)2-5-11-16-6-7-18-11;2-3-1-4/h2-7H,15H2,1H3;1H,2H2,(H,3,4)/b5-2+;. The predicted octanol–water partition coefficient (Wildman–Crippen LogP) is 2.02. The van der Waals surface area contributed by atoms with E-state index >= 15 is 0 Å². The molecule has 0 unspecified atom stereocenters. The molecule has 0 aliphatic heterocycles. The largest absolute Gasteiger partial charge is 0.313 e. The minimum atomic E-state index is -0.471. The second kappa shape index (κ2) is 9.11. The van der Waals surface area contributed by atoms with Crippen LogP contribution in [-0.4, -0.2) is 18.4 Å². The van der Waals surface area contributed by atoms with Gasteiger partial charge in [0.15, 0.2) is 0 Å². The highest BCUT2D eigenvalue weighted by Gasteiger charge is 2.11. The lowest BCUT2D eigenvalue weighted by Gasteiger charge is -2.16. The number of nitrogens with zero attached hydrogens (tertiary/aromatic N) is 2. The van der Waals surface area contributed by atoms with Gasteiger partial charge < -0.3 is 5.01 Å². The minimum Gasteiger partial charge on any atom is -0.313 e. The van der Waals surface area contributed by atoms with Gasteiger partial charge in [-0.05, 0) is 24.3 Å². The van der Waals surface area contributed by atoms with Crippen LogP contribution >= 0.6 is 22.9 Å². The number of nitrogens with two attached hydrogens (primary N) is 2. The molecule has 0 radical (unpaired) electrons. The number of rotatable bonds is 4. The monoisotopic (exact) mass is 343 g/mol. The van der Waals surface area contributed by atoms with Gasteiger partial charge in [-0.2, -0.15) is 0 Å². The molecule has 6 nitrogen and oxygen atoms in total. The van der Waals surface area contributed by atoms with E-state index in [0.717, 1.165) is 5.01 Å². The molecule has 5 N–H and O–H groups in total. The van der Waals surface area contributed by atoms with Gasteiger partial charge >= 0.3 is 0 Å². The van der Waals surface area contributed by atoms with Gasteiger partial charge in [-0.3, -0.25) is 10.2 Å². The Bertz CT molecular complexity index is 634. The van der Waals surface area contributed by atoms with Crippen LogP contribution in [0.4, 0.5) is 10.1 Å². The summed E-state index contributed by atoms with van der Waals surface area (Å²) in [5.74, 6) is 9.63. The Balaban J connectivity index is 0.000000541. The zero-order valence-electron chi connectivity index (χ0n) is 11.7. The molecule has 0 fully saturated rings. The number of thiazole rings is 1. The van der Waals surface area contributed by atoms with Gasteiger partial charge in [0.05, 0.1) is 10.7 Å². The highest BCUT2D eigenvalue weighted by Crippen LogP contribution is 2.30. The van der Waals surface area contributed by atoms with Crippen LogP contribution in [0.1, 0.15) is 10.6 Å². The number of aromatic nitrogens is 1. The molecule has 2 rings (SSSR count). The fraction of sp³-hybridized carbons (Fsp3) is 0.0769. The van der Waals surface area contributed by atoms with E-state index in [9.17, 15) is 4.39 Å². The summed E-state index contributed by atoms with van der Waals surface area (Å²) in [6, 6.07) is 2.88. The SMILES string of the molecule is CN(N)c1ccc(F)c(Cl)c1/C=C/c1nccs1.NNC=O. The number of amides is 1. The van der Waals surface area contributed by atoms with Crippen molar-refractivity contribution in [1.29, 1.82) is 0 Å². The zero-order chi connectivity index (χ0) is 16.5. The molecule has 1 aromatic heterocycles. The first-order valence-electron chi connectivity index (χ1n) is 5.95. The maximum Gasteiger partial charge on any atom is 0.221 e. The third-order valence-electron chi connectivity index (χ3n) is 2.40. The molecule has 1 aromatic carbocycles. The number of anilines is 1. The Kier molecular flexibility index (Phi) is 7.47.